The molecule has 0 saturated carbocycles. The maximum absolute atomic E-state index is 8.80. The Morgan fingerprint density at radius 2 is 2.44 bits per heavy atom. The number of nitrogens with zero attached hydrogens (tertiary/aromatic N) is 4. The monoisotopic (exact) mass is 267 g/mol. The Kier molecular flexibility index (Phi) is 4.80. The number of aliphatic hydroxyl groups is 1. The Morgan fingerprint density at radius 1 is 1.56 bits per heavy atom. The molecule has 1 unspecified atom stereocenters. The Labute approximate surface area is 110 Å². The minimum Gasteiger partial charge on any atom is -0.394 e. The Bertz CT molecular complexity index is 456. The van der Waals surface area contributed by atoms with Crippen molar-refractivity contribution < 1.29 is 5.11 Å². The van der Waals surface area contributed by atoms with Crippen LogP contribution >= 0.6 is 11.3 Å². The molecule has 0 aromatic carbocycles. The fourth-order valence-corrected chi connectivity index (χ4v) is 2.47. The fraction of sp³-hybridized carbons (Fsp3) is 0.545. The summed E-state index contributed by atoms with van der Waals surface area (Å²) in [4.78, 5) is 4.32. The van der Waals surface area contributed by atoms with Gasteiger partial charge in [0.15, 0.2) is 0 Å². The van der Waals surface area contributed by atoms with E-state index in [2.05, 4.69) is 27.5 Å². The second-order valence-electron chi connectivity index (χ2n) is 3.91. The molecule has 0 aliphatic carbocycles. The first kappa shape index (κ1) is 13.1. The molecule has 2 N–H and O–H groups in total. The molecule has 1 atom stereocenters. The highest BCUT2D eigenvalue weighted by molar-refractivity contribution is 7.09. The molecule has 2 aromatic rings. The van der Waals surface area contributed by atoms with Crippen LogP contribution in [0.2, 0.25) is 0 Å². The van der Waals surface area contributed by atoms with Gasteiger partial charge < -0.3 is 10.4 Å². The van der Waals surface area contributed by atoms with Gasteiger partial charge in [0.25, 0.3) is 0 Å². The summed E-state index contributed by atoms with van der Waals surface area (Å²) in [6.45, 7) is 3.34. The highest BCUT2D eigenvalue weighted by atomic mass is 32.1. The van der Waals surface area contributed by atoms with E-state index in [1.54, 1.807) is 16.0 Å². The number of aromatic nitrogens is 4. The topological polar surface area (TPSA) is 75.9 Å². The van der Waals surface area contributed by atoms with Gasteiger partial charge in [-0.25, -0.2) is 9.67 Å². The lowest BCUT2D eigenvalue weighted by atomic mass is 10.2. The SMILES string of the molecule is CCC(NCc1cn(CCO)nn1)c1nccs1. The number of hydrogen-bond acceptors (Lipinski definition) is 6. The molecular formula is C11H17N5OS. The van der Waals surface area contributed by atoms with Crippen LogP contribution in [0.5, 0.6) is 0 Å². The van der Waals surface area contributed by atoms with Gasteiger partial charge in [-0.3, -0.25) is 0 Å². The van der Waals surface area contributed by atoms with Gasteiger partial charge in [-0.2, -0.15) is 0 Å². The summed E-state index contributed by atoms with van der Waals surface area (Å²) in [6.07, 6.45) is 4.65. The van der Waals surface area contributed by atoms with Crippen LogP contribution in [0.15, 0.2) is 17.8 Å². The van der Waals surface area contributed by atoms with Crippen molar-refractivity contribution in [3.05, 3.63) is 28.5 Å². The highest BCUT2D eigenvalue weighted by Crippen LogP contribution is 2.18. The zero-order valence-corrected chi connectivity index (χ0v) is 11.1. The highest BCUT2D eigenvalue weighted by Gasteiger charge is 2.11. The Hall–Kier alpha value is -1.31. The van der Waals surface area contributed by atoms with E-state index in [1.165, 1.54) is 0 Å². The van der Waals surface area contributed by atoms with E-state index >= 15 is 0 Å². The average molecular weight is 267 g/mol. The van der Waals surface area contributed by atoms with Crippen molar-refractivity contribution in [2.75, 3.05) is 6.61 Å². The predicted octanol–water partition coefficient (Wildman–Crippen LogP) is 0.968. The number of hydrogen-bond donors (Lipinski definition) is 2. The minimum atomic E-state index is 0.0763. The first-order valence-electron chi connectivity index (χ1n) is 5.96. The average Bonchev–Trinajstić information content (AvgIpc) is 3.02. The molecule has 0 aliphatic rings. The molecule has 0 radical (unpaired) electrons. The molecule has 7 heteroatoms. The van der Waals surface area contributed by atoms with Gasteiger partial charge in [0, 0.05) is 24.3 Å². The van der Waals surface area contributed by atoms with Crippen molar-refractivity contribution in [1.29, 1.82) is 0 Å². The van der Waals surface area contributed by atoms with Gasteiger partial charge in [-0.1, -0.05) is 12.1 Å². The third-order valence-corrected chi connectivity index (χ3v) is 3.49. The molecule has 2 rings (SSSR count). The van der Waals surface area contributed by atoms with E-state index in [9.17, 15) is 0 Å². The molecule has 0 bridgehead atoms. The zero-order valence-electron chi connectivity index (χ0n) is 10.3. The molecule has 18 heavy (non-hydrogen) atoms. The standard InChI is InChI=1S/C11H17N5OS/c1-2-10(11-12-3-6-18-11)13-7-9-8-16(4-5-17)15-14-9/h3,6,8,10,13,17H,2,4-5,7H2,1H3. The Morgan fingerprint density at radius 3 is 3.11 bits per heavy atom. The molecule has 0 spiro atoms. The molecule has 0 saturated heterocycles. The van der Waals surface area contributed by atoms with E-state index in [0.717, 1.165) is 17.1 Å². The second kappa shape index (κ2) is 6.58. The predicted molar refractivity (Wildman–Crippen MR) is 69.1 cm³/mol. The molecule has 0 amide bonds. The lowest BCUT2D eigenvalue weighted by Crippen LogP contribution is -2.20. The van der Waals surface area contributed by atoms with Crippen molar-refractivity contribution in [1.82, 2.24) is 25.3 Å². The number of rotatable bonds is 7. The number of thiazole rings is 1. The van der Waals surface area contributed by atoms with Crippen LogP contribution in [0.1, 0.15) is 30.1 Å². The molecule has 2 aromatic heterocycles. The third kappa shape index (κ3) is 3.34. The van der Waals surface area contributed by atoms with Crippen molar-refractivity contribution in [3.8, 4) is 0 Å². The summed E-state index contributed by atoms with van der Waals surface area (Å²) in [7, 11) is 0. The van der Waals surface area contributed by atoms with E-state index in [4.69, 9.17) is 5.11 Å². The van der Waals surface area contributed by atoms with Crippen LogP contribution in [-0.4, -0.2) is 31.7 Å². The van der Waals surface area contributed by atoms with Gasteiger partial charge in [-0.15, -0.1) is 16.4 Å². The summed E-state index contributed by atoms with van der Waals surface area (Å²) in [5.74, 6) is 0. The lowest BCUT2D eigenvalue weighted by molar-refractivity contribution is 0.268. The molecule has 2 heterocycles. The molecule has 0 fully saturated rings. The third-order valence-electron chi connectivity index (χ3n) is 2.60. The van der Waals surface area contributed by atoms with E-state index < -0.39 is 0 Å². The van der Waals surface area contributed by atoms with Gasteiger partial charge >= 0.3 is 0 Å². The summed E-state index contributed by atoms with van der Waals surface area (Å²) in [5, 5.41) is 23.3. The first-order valence-corrected chi connectivity index (χ1v) is 6.84. The molecule has 0 aliphatic heterocycles. The summed E-state index contributed by atoms with van der Waals surface area (Å²) >= 11 is 1.66. The quantitative estimate of drug-likeness (QED) is 0.781. The Balaban J connectivity index is 1.89. The van der Waals surface area contributed by atoms with Crippen molar-refractivity contribution in [2.45, 2.75) is 32.5 Å². The maximum atomic E-state index is 8.80. The first-order chi connectivity index (χ1) is 8.83. The molecule has 6 nitrogen and oxygen atoms in total. The summed E-state index contributed by atoms with van der Waals surface area (Å²) in [5.41, 5.74) is 0.874. The van der Waals surface area contributed by atoms with Crippen LogP contribution in [-0.2, 0) is 13.1 Å². The zero-order chi connectivity index (χ0) is 12.8. The normalized spacial score (nSPS) is 12.8. The van der Waals surface area contributed by atoms with Crippen molar-refractivity contribution in [2.24, 2.45) is 0 Å². The van der Waals surface area contributed by atoms with Gasteiger partial charge in [0.05, 0.1) is 24.9 Å². The molecule has 98 valence electrons. The summed E-state index contributed by atoms with van der Waals surface area (Å²) in [6, 6.07) is 0.257. The van der Waals surface area contributed by atoms with Crippen LogP contribution in [0, 0.1) is 0 Å². The van der Waals surface area contributed by atoms with Crippen molar-refractivity contribution in [3.63, 3.8) is 0 Å². The smallest absolute Gasteiger partial charge is 0.109 e. The van der Waals surface area contributed by atoms with Gasteiger partial charge in [0.2, 0.25) is 0 Å². The van der Waals surface area contributed by atoms with Gasteiger partial charge in [-0.05, 0) is 6.42 Å². The molecular weight excluding hydrogens is 250 g/mol. The van der Waals surface area contributed by atoms with Crippen LogP contribution < -0.4 is 5.32 Å². The number of nitrogens with one attached hydrogen (secondary N) is 1. The minimum absolute atomic E-state index is 0.0763. The lowest BCUT2D eigenvalue weighted by Gasteiger charge is -2.12. The number of aliphatic hydroxyl groups excluding tert-OH is 1. The van der Waals surface area contributed by atoms with E-state index in [-0.39, 0.29) is 12.6 Å². The maximum Gasteiger partial charge on any atom is 0.109 e. The van der Waals surface area contributed by atoms with Gasteiger partial charge in [0.1, 0.15) is 5.01 Å². The van der Waals surface area contributed by atoms with E-state index in [0.29, 0.717) is 13.1 Å². The van der Waals surface area contributed by atoms with Crippen LogP contribution in [0.25, 0.3) is 0 Å². The summed E-state index contributed by atoms with van der Waals surface area (Å²) < 4.78 is 1.64. The van der Waals surface area contributed by atoms with Crippen molar-refractivity contribution >= 4 is 11.3 Å². The largest absolute Gasteiger partial charge is 0.394 e. The van der Waals surface area contributed by atoms with Crippen LogP contribution in [0.4, 0.5) is 0 Å². The van der Waals surface area contributed by atoms with E-state index in [1.807, 2.05) is 17.8 Å². The second-order valence-corrected chi connectivity index (χ2v) is 4.83. The fourth-order valence-electron chi connectivity index (χ4n) is 1.67. The van der Waals surface area contributed by atoms with Crippen LogP contribution in [0.3, 0.4) is 0 Å².